The first kappa shape index (κ1) is 28.6. The van der Waals surface area contributed by atoms with E-state index in [0.29, 0.717) is 38.2 Å². The minimum absolute atomic E-state index is 0.0183. The molecule has 0 radical (unpaired) electrons. The molecule has 1 atom stereocenters. The van der Waals surface area contributed by atoms with E-state index in [1.807, 2.05) is 42.5 Å². The SMILES string of the molecule is CC(C)(N)C(=O)NC(COCc1ccccc1)C(=O)N1CCC(C)(c2ccccc2NS(C)(=O)=O)CC1. The van der Waals surface area contributed by atoms with Crippen molar-refractivity contribution < 1.29 is 22.7 Å². The summed E-state index contributed by atoms with van der Waals surface area (Å²) in [5, 5.41) is 2.77. The summed E-state index contributed by atoms with van der Waals surface area (Å²) >= 11 is 0. The number of nitrogens with two attached hydrogens (primary N) is 1. The second-order valence-electron chi connectivity index (χ2n) is 10.6. The normalized spacial score (nSPS) is 16.6. The Kier molecular flexibility index (Phi) is 8.99. The van der Waals surface area contributed by atoms with Crippen molar-refractivity contribution in [2.24, 2.45) is 5.73 Å². The third kappa shape index (κ3) is 8.02. The summed E-state index contributed by atoms with van der Waals surface area (Å²) in [7, 11) is -3.43. The highest BCUT2D eigenvalue weighted by atomic mass is 32.2. The molecule has 202 valence electrons. The summed E-state index contributed by atoms with van der Waals surface area (Å²) in [4.78, 5) is 27.9. The predicted molar refractivity (Wildman–Crippen MR) is 144 cm³/mol. The van der Waals surface area contributed by atoms with E-state index >= 15 is 0 Å². The Bertz CT molecular complexity index is 1190. The van der Waals surface area contributed by atoms with Gasteiger partial charge in [0.15, 0.2) is 0 Å². The molecule has 3 rings (SSSR count). The number of carbonyl (C=O) groups excluding carboxylic acids is 2. The van der Waals surface area contributed by atoms with Crippen LogP contribution < -0.4 is 15.8 Å². The lowest BCUT2D eigenvalue weighted by Crippen LogP contribution is -2.59. The third-order valence-corrected chi connectivity index (χ3v) is 7.23. The van der Waals surface area contributed by atoms with Gasteiger partial charge < -0.3 is 20.7 Å². The van der Waals surface area contributed by atoms with Gasteiger partial charge in [-0.2, -0.15) is 0 Å². The Morgan fingerprint density at radius 1 is 1.08 bits per heavy atom. The monoisotopic (exact) mass is 530 g/mol. The minimum Gasteiger partial charge on any atom is -0.374 e. The Labute approximate surface area is 219 Å². The smallest absolute Gasteiger partial charge is 0.247 e. The summed E-state index contributed by atoms with van der Waals surface area (Å²) in [6.45, 7) is 6.50. The van der Waals surface area contributed by atoms with Gasteiger partial charge in [0.2, 0.25) is 21.8 Å². The lowest BCUT2D eigenvalue weighted by atomic mass is 9.74. The molecule has 2 aromatic carbocycles. The van der Waals surface area contributed by atoms with Crippen LogP contribution in [0, 0.1) is 0 Å². The summed E-state index contributed by atoms with van der Waals surface area (Å²) in [6, 6.07) is 16.1. The number of benzene rings is 2. The first-order valence-corrected chi connectivity index (χ1v) is 14.3. The Hall–Kier alpha value is -2.95. The van der Waals surface area contributed by atoms with Crippen LogP contribution in [0.3, 0.4) is 0 Å². The van der Waals surface area contributed by atoms with Crippen LogP contribution in [0.15, 0.2) is 54.6 Å². The number of rotatable bonds is 10. The maximum atomic E-state index is 13.5. The maximum Gasteiger partial charge on any atom is 0.247 e. The topological polar surface area (TPSA) is 131 Å². The van der Waals surface area contributed by atoms with Crippen LogP contribution in [0.5, 0.6) is 0 Å². The van der Waals surface area contributed by atoms with Crippen LogP contribution in [-0.2, 0) is 36.4 Å². The number of hydrogen-bond acceptors (Lipinski definition) is 6. The molecule has 0 spiro atoms. The molecule has 2 aromatic rings. The zero-order valence-electron chi connectivity index (χ0n) is 22.0. The van der Waals surface area contributed by atoms with Gasteiger partial charge in [0.1, 0.15) is 6.04 Å². The second kappa shape index (κ2) is 11.6. The molecule has 1 saturated heterocycles. The fraction of sp³-hybridized carbons (Fsp3) is 0.481. The molecule has 0 aliphatic carbocycles. The molecule has 10 heteroatoms. The second-order valence-corrected chi connectivity index (χ2v) is 12.3. The molecule has 1 fully saturated rings. The largest absolute Gasteiger partial charge is 0.374 e. The molecule has 0 aromatic heterocycles. The van der Waals surface area contributed by atoms with Gasteiger partial charge in [-0.05, 0) is 49.3 Å². The van der Waals surface area contributed by atoms with Gasteiger partial charge >= 0.3 is 0 Å². The molecule has 9 nitrogen and oxygen atoms in total. The molecular formula is C27H38N4O5S. The molecule has 1 unspecified atom stereocenters. The molecule has 0 saturated carbocycles. The number of ether oxygens (including phenoxy) is 1. The summed E-state index contributed by atoms with van der Waals surface area (Å²) < 4.78 is 32.2. The van der Waals surface area contributed by atoms with Gasteiger partial charge in [0.25, 0.3) is 0 Å². The van der Waals surface area contributed by atoms with E-state index in [-0.39, 0.29) is 17.9 Å². The van der Waals surface area contributed by atoms with Gasteiger partial charge in [-0.3, -0.25) is 14.3 Å². The van der Waals surface area contributed by atoms with Crippen molar-refractivity contribution in [1.29, 1.82) is 0 Å². The number of likely N-dealkylation sites (tertiary alicyclic amines) is 1. The fourth-order valence-electron chi connectivity index (χ4n) is 4.40. The van der Waals surface area contributed by atoms with Crippen molar-refractivity contribution in [2.45, 2.75) is 57.2 Å². The quantitative estimate of drug-likeness (QED) is 0.432. The minimum atomic E-state index is -3.43. The van der Waals surface area contributed by atoms with Crippen molar-refractivity contribution in [1.82, 2.24) is 10.2 Å². The zero-order chi connectivity index (χ0) is 27.3. The summed E-state index contributed by atoms with van der Waals surface area (Å²) in [5.74, 6) is -0.660. The number of sulfonamides is 1. The predicted octanol–water partition coefficient (Wildman–Crippen LogP) is 2.38. The standard InChI is InChI=1S/C27H38N4O5S/c1-26(2,28)25(33)29-23(19-36-18-20-10-6-5-7-11-20)24(32)31-16-14-27(3,15-17-31)21-12-8-9-13-22(21)30-37(4,34)35/h5-13,23,30H,14-19,28H2,1-4H3,(H,29,33). The number of anilines is 1. The highest BCUT2D eigenvalue weighted by molar-refractivity contribution is 7.92. The van der Waals surface area contributed by atoms with E-state index in [0.717, 1.165) is 17.4 Å². The van der Waals surface area contributed by atoms with Gasteiger partial charge in [-0.15, -0.1) is 0 Å². The number of para-hydroxylation sites is 1. The number of amides is 2. The van der Waals surface area contributed by atoms with Crippen molar-refractivity contribution in [3.05, 3.63) is 65.7 Å². The van der Waals surface area contributed by atoms with Crippen molar-refractivity contribution in [3.63, 3.8) is 0 Å². The van der Waals surface area contributed by atoms with Gasteiger partial charge in [-0.25, -0.2) is 8.42 Å². The Morgan fingerprint density at radius 3 is 2.27 bits per heavy atom. The van der Waals surface area contributed by atoms with Crippen LogP contribution in [0.4, 0.5) is 5.69 Å². The molecule has 2 amide bonds. The van der Waals surface area contributed by atoms with Crippen LogP contribution in [-0.4, -0.2) is 62.7 Å². The van der Waals surface area contributed by atoms with Gasteiger partial charge in [-0.1, -0.05) is 55.5 Å². The highest BCUT2D eigenvalue weighted by Gasteiger charge is 2.38. The molecule has 1 heterocycles. The molecule has 4 N–H and O–H groups in total. The summed E-state index contributed by atoms with van der Waals surface area (Å²) in [5.41, 5.74) is 6.90. The molecule has 0 bridgehead atoms. The lowest BCUT2D eigenvalue weighted by Gasteiger charge is -2.41. The fourth-order valence-corrected chi connectivity index (χ4v) is 4.97. The number of carbonyl (C=O) groups is 2. The number of piperidine rings is 1. The van der Waals surface area contributed by atoms with E-state index in [1.165, 1.54) is 0 Å². The van der Waals surface area contributed by atoms with Crippen molar-refractivity contribution in [2.75, 3.05) is 30.7 Å². The van der Waals surface area contributed by atoms with E-state index in [4.69, 9.17) is 10.5 Å². The number of nitrogens with one attached hydrogen (secondary N) is 2. The molecular weight excluding hydrogens is 492 g/mol. The number of hydrogen-bond donors (Lipinski definition) is 3. The summed E-state index contributed by atoms with van der Waals surface area (Å²) in [6.07, 6.45) is 2.40. The first-order chi connectivity index (χ1) is 17.3. The Balaban J connectivity index is 1.70. The molecule has 1 aliphatic rings. The highest BCUT2D eigenvalue weighted by Crippen LogP contribution is 2.39. The molecule has 1 aliphatic heterocycles. The Morgan fingerprint density at radius 2 is 1.68 bits per heavy atom. The zero-order valence-corrected chi connectivity index (χ0v) is 22.8. The van der Waals surface area contributed by atoms with Crippen LogP contribution >= 0.6 is 0 Å². The van der Waals surface area contributed by atoms with E-state index in [1.54, 1.807) is 30.9 Å². The third-order valence-electron chi connectivity index (χ3n) is 6.64. The average Bonchev–Trinajstić information content (AvgIpc) is 2.83. The van der Waals surface area contributed by atoms with Crippen molar-refractivity contribution in [3.8, 4) is 0 Å². The lowest BCUT2D eigenvalue weighted by molar-refractivity contribution is -0.140. The maximum absolute atomic E-state index is 13.5. The van der Waals surface area contributed by atoms with Crippen LogP contribution in [0.2, 0.25) is 0 Å². The van der Waals surface area contributed by atoms with Crippen molar-refractivity contribution >= 4 is 27.5 Å². The molecule has 37 heavy (non-hydrogen) atoms. The van der Waals surface area contributed by atoms with E-state index in [9.17, 15) is 18.0 Å². The number of nitrogens with zero attached hydrogens (tertiary/aromatic N) is 1. The first-order valence-electron chi connectivity index (χ1n) is 12.4. The van der Waals surface area contributed by atoms with Crippen LogP contribution in [0.25, 0.3) is 0 Å². The average molecular weight is 531 g/mol. The van der Waals surface area contributed by atoms with Gasteiger partial charge in [0, 0.05) is 13.1 Å². The van der Waals surface area contributed by atoms with Crippen LogP contribution in [0.1, 0.15) is 44.7 Å². The van der Waals surface area contributed by atoms with Gasteiger partial charge in [0.05, 0.1) is 30.7 Å². The van der Waals surface area contributed by atoms with E-state index < -0.39 is 27.5 Å². The van der Waals surface area contributed by atoms with E-state index in [2.05, 4.69) is 17.0 Å².